The van der Waals surface area contributed by atoms with Crippen LogP contribution in [0.4, 0.5) is 4.39 Å². The van der Waals surface area contributed by atoms with Crippen LogP contribution in [0.15, 0.2) is 0 Å². The van der Waals surface area contributed by atoms with Crippen LogP contribution in [0.3, 0.4) is 0 Å². The van der Waals surface area contributed by atoms with E-state index in [2.05, 4.69) is 19.2 Å². The minimum Gasteiger partial charge on any atom is -0.314 e. The molecule has 0 saturated carbocycles. The largest absolute Gasteiger partial charge is 0.314 e. The van der Waals surface area contributed by atoms with E-state index in [0.29, 0.717) is 12.5 Å². The molecule has 0 amide bonds. The van der Waals surface area contributed by atoms with E-state index < -0.39 is 0 Å². The lowest BCUT2D eigenvalue weighted by atomic mass is 10.1. The van der Waals surface area contributed by atoms with E-state index in [1.54, 1.807) is 0 Å². The van der Waals surface area contributed by atoms with Crippen molar-refractivity contribution in [2.24, 2.45) is 0 Å². The highest BCUT2D eigenvalue weighted by Gasteiger charge is 1.98. The maximum absolute atomic E-state index is 11.7. The van der Waals surface area contributed by atoms with Gasteiger partial charge in [-0.25, -0.2) is 0 Å². The topological polar surface area (TPSA) is 12.0 Å². The second kappa shape index (κ2) is 7.99. The molecule has 68 valence electrons. The standard InChI is InChI=1S/C9H20FN/c1-3-4-6-9(2)11-8-5-7-10/h9,11H,3-8H2,1-2H3. The minimum atomic E-state index is -0.201. The molecule has 0 aliphatic heterocycles. The molecular formula is C9H20FN. The Hall–Kier alpha value is -0.110. The Morgan fingerprint density at radius 1 is 1.36 bits per heavy atom. The van der Waals surface area contributed by atoms with Gasteiger partial charge < -0.3 is 5.32 Å². The van der Waals surface area contributed by atoms with Crippen molar-refractivity contribution < 1.29 is 4.39 Å². The van der Waals surface area contributed by atoms with Gasteiger partial charge in [0.1, 0.15) is 0 Å². The number of nitrogens with one attached hydrogen (secondary N) is 1. The van der Waals surface area contributed by atoms with E-state index in [0.717, 1.165) is 6.54 Å². The number of hydrogen-bond acceptors (Lipinski definition) is 1. The Kier molecular flexibility index (Phi) is 7.91. The van der Waals surface area contributed by atoms with E-state index in [1.165, 1.54) is 19.3 Å². The molecule has 0 saturated heterocycles. The normalized spacial score (nSPS) is 13.4. The minimum absolute atomic E-state index is 0.201. The Balaban J connectivity index is 3.02. The highest BCUT2D eigenvalue weighted by atomic mass is 19.1. The summed E-state index contributed by atoms with van der Waals surface area (Å²) in [7, 11) is 0. The quantitative estimate of drug-likeness (QED) is 0.566. The van der Waals surface area contributed by atoms with Crippen LogP contribution < -0.4 is 5.32 Å². The van der Waals surface area contributed by atoms with Gasteiger partial charge in [-0.3, -0.25) is 4.39 Å². The van der Waals surface area contributed by atoms with Crippen LogP contribution in [0.25, 0.3) is 0 Å². The van der Waals surface area contributed by atoms with Gasteiger partial charge >= 0.3 is 0 Å². The van der Waals surface area contributed by atoms with Crippen molar-refractivity contribution in [1.29, 1.82) is 0 Å². The van der Waals surface area contributed by atoms with E-state index >= 15 is 0 Å². The lowest BCUT2D eigenvalue weighted by Crippen LogP contribution is -2.27. The average Bonchev–Trinajstić information content (AvgIpc) is 2.01. The van der Waals surface area contributed by atoms with E-state index in [9.17, 15) is 4.39 Å². The molecular weight excluding hydrogens is 141 g/mol. The molecule has 1 nitrogen and oxygen atoms in total. The van der Waals surface area contributed by atoms with E-state index in [4.69, 9.17) is 0 Å². The summed E-state index contributed by atoms with van der Waals surface area (Å²) in [6.45, 7) is 4.97. The molecule has 0 rings (SSSR count). The van der Waals surface area contributed by atoms with Crippen LogP contribution in [-0.2, 0) is 0 Å². The van der Waals surface area contributed by atoms with Gasteiger partial charge in [-0.15, -0.1) is 0 Å². The zero-order valence-corrected chi connectivity index (χ0v) is 7.70. The van der Waals surface area contributed by atoms with Gasteiger partial charge in [-0.2, -0.15) is 0 Å². The number of hydrogen-bond donors (Lipinski definition) is 1. The number of rotatable bonds is 7. The number of unbranched alkanes of at least 4 members (excludes halogenated alkanes) is 1. The summed E-state index contributed by atoms with van der Waals surface area (Å²) in [5.74, 6) is 0. The Morgan fingerprint density at radius 2 is 2.09 bits per heavy atom. The van der Waals surface area contributed by atoms with Crippen LogP contribution in [0.1, 0.15) is 39.5 Å². The van der Waals surface area contributed by atoms with Gasteiger partial charge in [0.15, 0.2) is 0 Å². The van der Waals surface area contributed by atoms with Crippen molar-refractivity contribution >= 4 is 0 Å². The van der Waals surface area contributed by atoms with Crippen molar-refractivity contribution in [2.75, 3.05) is 13.2 Å². The molecule has 0 aromatic heterocycles. The average molecular weight is 161 g/mol. The van der Waals surface area contributed by atoms with E-state index in [1.807, 2.05) is 0 Å². The maximum Gasteiger partial charge on any atom is 0.0906 e. The van der Waals surface area contributed by atoms with Crippen molar-refractivity contribution in [3.8, 4) is 0 Å². The predicted molar refractivity (Wildman–Crippen MR) is 47.6 cm³/mol. The number of alkyl halides is 1. The Bertz CT molecular complexity index is 76.0. The molecule has 0 fully saturated rings. The van der Waals surface area contributed by atoms with Crippen molar-refractivity contribution in [3.05, 3.63) is 0 Å². The van der Waals surface area contributed by atoms with Gasteiger partial charge in [-0.05, 0) is 26.3 Å². The summed E-state index contributed by atoms with van der Waals surface area (Å²) in [4.78, 5) is 0. The van der Waals surface area contributed by atoms with Gasteiger partial charge in [0.2, 0.25) is 0 Å². The summed E-state index contributed by atoms with van der Waals surface area (Å²) < 4.78 is 11.7. The third-order valence-electron chi connectivity index (χ3n) is 1.79. The Labute approximate surface area is 69.4 Å². The summed E-state index contributed by atoms with van der Waals surface area (Å²) in [5.41, 5.74) is 0. The summed E-state index contributed by atoms with van der Waals surface area (Å²) >= 11 is 0. The monoisotopic (exact) mass is 161 g/mol. The van der Waals surface area contributed by atoms with Crippen LogP contribution in [0, 0.1) is 0 Å². The SMILES string of the molecule is CCCCC(C)NCCCF. The molecule has 0 aliphatic rings. The first-order chi connectivity index (χ1) is 5.31. The summed E-state index contributed by atoms with van der Waals surface area (Å²) in [6.07, 6.45) is 4.37. The molecule has 0 aromatic carbocycles. The second-order valence-corrected chi connectivity index (χ2v) is 3.04. The first-order valence-corrected chi connectivity index (χ1v) is 4.60. The fourth-order valence-electron chi connectivity index (χ4n) is 1.03. The van der Waals surface area contributed by atoms with Crippen molar-refractivity contribution in [3.63, 3.8) is 0 Å². The van der Waals surface area contributed by atoms with Crippen LogP contribution in [0.2, 0.25) is 0 Å². The van der Waals surface area contributed by atoms with Gasteiger partial charge in [-0.1, -0.05) is 19.8 Å². The summed E-state index contributed by atoms with van der Waals surface area (Å²) in [5, 5.41) is 3.28. The molecule has 1 unspecified atom stereocenters. The first-order valence-electron chi connectivity index (χ1n) is 4.60. The van der Waals surface area contributed by atoms with Crippen LogP contribution >= 0.6 is 0 Å². The molecule has 11 heavy (non-hydrogen) atoms. The van der Waals surface area contributed by atoms with Gasteiger partial charge in [0.25, 0.3) is 0 Å². The zero-order chi connectivity index (χ0) is 8.53. The second-order valence-electron chi connectivity index (χ2n) is 3.04. The molecule has 0 spiro atoms. The lowest BCUT2D eigenvalue weighted by molar-refractivity contribution is 0.431. The van der Waals surface area contributed by atoms with Crippen LogP contribution in [-0.4, -0.2) is 19.3 Å². The van der Waals surface area contributed by atoms with Crippen LogP contribution in [0.5, 0.6) is 0 Å². The van der Waals surface area contributed by atoms with E-state index in [-0.39, 0.29) is 6.67 Å². The fourth-order valence-corrected chi connectivity index (χ4v) is 1.03. The number of halogens is 1. The third-order valence-corrected chi connectivity index (χ3v) is 1.79. The third kappa shape index (κ3) is 7.79. The smallest absolute Gasteiger partial charge is 0.0906 e. The molecule has 0 aliphatic carbocycles. The zero-order valence-electron chi connectivity index (χ0n) is 7.70. The van der Waals surface area contributed by atoms with Gasteiger partial charge in [0.05, 0.1) is 6.67 Å². The molecule has 2 heteroatoms. The van der Waals surface area contributed by atoms with Crippen molar-refractivity contribution in [1.82, 2.24) is 5.32 Å². The summed E-state index contributed by atoms with van der Waals surface area (Å²) in [6, 6.07) is 0.557. The highest BCUT2D eigenvalue weighted by molar-refractivity contribution is 4.59. The maximum atomic E-state index is 11.7. The molecule has 1 atom stereocenters. The molecule has 0 heterocycles. The fraction of sp³-hybridized carbons (Fsp3) is 1.00. The molecule has 0 radical (unpaired) electrons. The highest BCUT2D eigenvalue weighted by Crippen LogP contribution is 1.98. The predicted octanol–water partition coefficient (Wildman–Crippen LogP) is 2.51. The molecule has 1 N–H and O–H groups in total. The Morgan fingerprint density at radius 3 is 2.64 bits per heavy atom. The van der Waals surface area contributed by atoms with Gasteiger partial charge in [0, 0.05) is 6.04 Å². The first kappa shape index (κ1) is 10.9. The molecule has 0 aromatic rings. The van der Waals surface area contributed by atoms with Crippen molar-refractivity contribution in [2.45, 2.75) is 45.6 Å². The molecule has 0 bridgehead atoms. The lowest BCUT2D eigenvalue weighted by Gasteiger charge is -2.11.